The molecule has 0 aromatic heterocycles. The summed E-state index contributed by atoms with van der Waals surface area (Å²) in [6.07, 6.45) is -4.42. The van der Waals surface area contributed by atoms with Gasteiger partial charge in [-0.15, -0.1) is 0 Å². The third kappa shape index (κ3) is 7.84. The number of thiocarbonyl (C=S) groups is 1. The summed E-state index contributed by atoms with van der Waals surface area (Å²) in [5.74, 6) is 0.255. The molecule has 3 N–H and O–H groups in total. The molecule has 2 aromatic rings. The van der Waals surface area contributed by atoms with Crippen molar-refractivity contribution < 1.29 is 23.0 Å². The minimum Gasteiger partial charge on any atom is -0.491 e. The van der Waals surface area contributed by atoms with E-state index in [0.717, 1.165) is 18.6 Å². The van der Waals surface area contributed by atoms with Crippen LogP contribution in [0.25, 0.3) is 0 Å². The number of aliphatic hydroxyl groups is 1. The molecule has 0 aliphatic carbocycles. The number of rotatable bonds is 8. The van der Waals surface area contributed by atoms with Crippen molar-refractivity contribution in [2.75, 3.05) is 19.7 Å². The summed E-state index contributed by atoms with van der Waals surface area (Å²) < 4.78 is 42.7. The fourth-order valence-corrected chi connectivity index (χ4v) is 2.41. The van der Waals surface area contributed by atoms with Crippen LogP contribution in [0.2, 0.25) is 0 Å². The van der Waals surface area contributed by atoms with Crippen molar-refractivity contribution in [2.24, 2.45) is 0 Å². The zero-order valence-electron chi connectivity index (χ0n) is 14.5. The Morgan fingerprint density at radius 3 is 2.33 bits per heavy atom. The van der Waals surface area contributed by atoms with E-state index < -0.39 is 17.8 Å². The first-order chi connectivity index (χ1) is 12.8. The average Bonchev–Trinajstić information content (AvgIpc) is 2.65. The maximum Gasteiger partial charge on any atom is 0.416 e. The number of hydrogen-bond acceptors (Lipinski definition) is 3. The lowest BCUT2D eigenvalue weighted by Crippen LogP contribution is -2.41. The summed E-state index contributed by atoms with van der Waals surface area (Å²) >= 11 is 5.13. The van der Waals surface area contributed by atoms with E-state index in [4.69, 9.17) is 17.0 Å². The minimum atomic E-state index is -4.38. The lowest BCUT2D eigenvalue weighted by molar-refractivity contribution is -0.137. The van der Waals surface area contributed by atoms with Gasteiger partial charge in [0, 0.05) is 13.1 Å². The summed E-state index contributed by atoms with van der Waals surface area (Å²) in [5.41, 5.74) is 0.446. The molecule has 0 aliphatic heterocycles. The molecule has 0 aliphatic rings. The molecule has 0 radical (unpaired) electrons. The van der Waals surface area contributed by atoms with Crippen molar-refractivity contribution in [3.63, 3.8) is 0 Å². The van der Waals surface area contributed by atoms with Crippen molar-refractivity contribution >= 4 is 17.3 Å². The highest BCUT2D eigenvalue weighted by Crippen LogP contribution is 2.30. The first kappa shape index (κ1) is 21.0. The van der Waals surface area contributed by atoms with Gasteiger partial charge in [-0.1, -0.05) is 30.3 Å². The number of hydrogen-bond donors (Lipinski definition) is 3. The molecule has 4 nitrogen and oxygen atoms in total. The molecule has 2 aromatic carbocycles. The summed E-state index contributed by atoms with van der Waals surface area (Å²) in [7, 11) is 0. The van der Waals surface area contributed by atoms with Crippen LogP contribution >= 0.6 is 12.2 Å². The van der Waals surface area contributed by atoms with Gasteiger partial charge in [0.2, 0.25) is 0 Å². The fraction of sp³-hybridized carbons (Fsp3) is 0.316. The molecule has 0 spiro atoms. The Hall–Kier alpha value is -2.32. The molecule has 0 heterocycles. The van der Waals surface area contributed by atoms with Gasteiger partial charge in [-0.3, -0.25) is 0 Å². The van der Waals surface area contributed by atoms with E-state index in [0.29, 0.717) is 11.7 Å². The van der Waals surface area contributed by atoms with E-state index in [1.807, 2.05) is 30.3 Å². The van der Waals surface area contributed by atoms with Crippen molar-refractivity contribution in [2.45, 2.75) is 18.7 Å². The SMILES string of the molecule is OC(CNC(=S)NCCc1ccccc1)COc1ccc(C(F)(F)F)cc1. The predicted molar refractivity (Wildman–Crippen MR) is 102 cm³/mol. The zero-order valence-corrected chi connectivity index (χ0v) is 15.3. The third-order valence-electron chi connectivity index (χ3n) is 3.66. The zero-order chi connectivity index (χ0) is 19.7. The monoisotopic (exact) mass is 398 g/mol. The molecule has 146 valence electrons. The van der Waals surface area contributed by atoms with Crippen molar-refractivity contribution in [3.8, 4) is 5.75 Å². The van der Waals surface area contributed by atoms with Gasteiger partial charge in [-0.2, -0.15) is 13.2 Å². The van der Waals surface area contributed by atoms with E-state index in [-0.39, 0.29) is 18.9 Å². The lowest BCUT2D eigenvalue weighted by Gasteiger charge is -2.15. The Bertz CT molecular complexity index is 709. The van der Waals surface area contributed by atoms with Crippen LogP contribution in [0.3, 0.4) is 0 Å². The van der Waals surface area contributed by atoms with Crippen molar-refractivity contribution in [1.82, 2.24) is 10.6 Å². The fourth-order valence-electron chi connectivity index (χ4n) is 2.23. The smallest absolute Gasteiger partial charge is 0.416 e. The van der Waals surface area contributed by atoms with Crippen LogP contribution < -0.4 is 15.4 Å². The van der Waals surface area contributed by atoms with E-state index in [2.05, 4.69) is 10.6 Å². The summed E-state index contributed by atoms with van der Waals surface area (Å²) in [6, 6.07) is 14.3. The normalized spacial score (nSPS) is 12.3. The van der Waals surface area contributed by atoms with Gasteiger partial charge in [-0.25, -0.2) is 0 Å². The molecule has 1 atom stereocenters. The molecule has 1 unspecified atom stereocenters. The second-order valence-corrected chi connectivity index (χ2v) is 6.27. The van der Waals surface area contributed by atoms with Gasteiger partial charge < -0.3 is 20.5 Å². The van der Waals surface area contributed by atoms with Gasteiger partial charge in [0.05, 0.1) is 5.56 Å². The first-order valence-corrected chi connectivity index (χ1v) is 8.79. The highest BCUT2D eigenvalue weighted by Gasteiger charge is 2.30. The van der Waals surface area contributed by atoms with Crippen LogP contribution in [0.1, 0.15) is 11.1 Å². The number of alkyl halides is 3. The van der Waals surface area contributed by atoms with E-state index in [1.54, 1.807) is 0 Å². The molecule has 27 heavy (non-hydrogen) atoms. The van der Waals surface area contributed by atoms with Crippen LogP contribution in [-0.2, 0) is 12.6 Å². The topological polar surface area (TPSA) is 53.5 Å². The number of aliphatic hydroxyl groups excluding tert-OH is 1. The summed E-state index contributed by atoms with van der Waals surface area (Å²) in [5, 5.41) is 16.2. The van der Waals surface area contributed by atoms with Crippen LogP contribution in [0.5, 0.6) is 5.75 Å². The second kappa shape index (κ2) is 10.1. The van der Waals surface area contributed by atoms with Crippen LogP contribution in [-0.4, -0.2) is 36.0 Å². The van der Waals surface area contributed by atoms with Gasteiger partial charge >= 0.3 is 6.18 Å². The summed E-state index contributed by atoms with van der Waals surface area (Å²) in [4.78, 5) is 0. The van der Waals surface area contributed by atoms with Crippen LogP contribution in [0, 0.1) is 0 Å². The Labute approximate surface area is 161 Å². The number of benzene rings is 2. The van der Waals surface area contributed by atoms with Crippen LogP contribution in [0.4, 0.5) is 13.2 Å². The van der Waals surface area contributed by atoms with E-state index in [1.165, 1.54) is 17.7 Å². The van der Waals surface area contributed by atoms with E-state index >= 15 is 0 Å². The largest absolute Gasteiger partial charge is 0.491 e. The Morgan fingerprint density at radius 2 is 1.70 bits per heavy atom. The molecular formula is C19H21F3N2O2S. The lowest BCUT2D eigenvalue weighted by atomic mass is 10.1. The van der Waals surface area contributed by atoms with Gasteiger partial charge in [0.1, 0.15) is 18.5 Å². The Morgan fingerprint density at radius 1 is 1.04 bits per heavy atom. The van der Waals surface area contributed by atoms with Gasteiger partial charge in [0.25, 0.3) is 0 Å². The molecule has 0 saturated heterocycles. The highest BCUT2D eigenvalue weighted by atomic mass is 32.1. The van der Waals surface area contributed by atoms with Crippen molar-refractivity contribution in [1.29, 1.82) is 0 Å². The standard InChI is InChI=1S/C19H21F3N2O2S/c20-19(21,22)15-6-8-17(9-7-15)26-13-16(25)12-24-18(27)23-11-10-14-4-2-1-3-5-14/h1-9,16,25H,10-13H2,(H2,23,24,27). The molecular weight excluding hydrogens is 377 g/mol. The minimum absolute atomic E-state index is 0.0645. The Kier molecular flexibility index (Phi) is 7.87. The Balaban J connectivity index is 1.62. The van der Waals surface area contributed by atoms with Crippen LogP contribution in [0.15, 0.2) is 54.6 Å². The van der Waals surface area contributed by atoms with Gasteiger partial charge in [-0.05, 0) is 48.5 Å². The molecule has 2 rings (SSSR count). The maximum absolute atomic E-state index is 12.5. The number of ether oxygens (including phenoxy) is 1. The predicted octanol–water partition coefficient (Wildman–Crippen LogP) is 3.15. The molecule has 0 bridgehead atoms. The van der Waals surface area contributed by atoms with E-state index in [9.17, 15) is 18.3 Å². The maximum atomic E-state index is 12.5. The first-order valence-electron chi connectivity index (χ1n) is 8.38. The van der Waals surface area contributed by atoms with Crippen molar-refractivity contribution in [3.05, 3.63) is 65.7 Å². The van der Waals surface area contributed by atoms with Gasteiger partial charge in [0.15, 0.2) is 5.11 Å². The molecule has 0 amide bonds. The third-order valence-corrected chi connectivity index (χ3v) is 3.95. The summed E-state index contributed by atoms with van der Waals surface area (Å²) in [6.45, 7) is 0.761. The molecule has 0 fully saturated rings. The molecule has 8 heteroatoms. The number of nitrogens with one attached hydrogen (secondary N) is 2. The molecule has 0 saturated carbocycles. The quantitative estimate of drug-likeness (QED) is 0.597. The average molecular weight is 398 g/mol. The number of halogens is 3. The second-order valence-electron chi connectivity index (χ2n) is 5.86. The highest BCUT2D eigenvalue weighted by molar-refractivity contribution is 7.80.